The first-order valence-electron chi connectivity index (χ1n) is 6.00. The van der Waals surface area contributed by atoms with Gasteiger partial charge in [-0.3, -0.25) is 11.3 Å². The van der Waals surface area contributed by atoms with E-state index in [1.54, 1.807) is 0 Å². The Labute approximate surface area is 109 Å². The molecule has 1 rings (SSSR count). The third-order valence-electron chi connectivity index (χ3n) is 2.53. The predicted octanol–water partition coefficient (Wildman–Crippen LogP) is 3.34. The second-order valence-corrected chi connectivity index (χ2v) is 7.41. The van der Waals surface area contributed by atoms with Gasteiger partial charge in [0.2, 0.25) is 0 Å². The third-order valence-corrected chi connectivity index (χ3v) is 3.90. The van der Waals surface area contributed by atoms with Crippen LogP contribution in [0.15, 0.2) is 18.2 Å². The van der Waals surface area contributed by atoms with E-state index in [0.717, 1.165) is 5.75 Å². The van der Waals surface area contributed by atoms with Gasteiger partial charge in [-0.2, -0.15) is 11.8 Å². The van der Waals surface area contributed by atoms with E-state index >= 15 is 0 Å². The van der Waals surface area contributed by atoms with Crippen molar-refractivity contribution >= 4 is 11.8 Å². The maximum absolute atomic E-state index is 5.67. The van der Waals surface area contributed by atoms with Crippen LogP contribution in [0.5, 0.6) is 0 Å². The number of hydrazine groups is 1. The van der Waals surface area contributed by atoms with Crippen molar-refractivity contribution < 1.29 is 0 Å². The molecule has 96 valence electrons. The maximum atomic E-state index is 5.67. The minimum absolute atomic E-state index is 0.220. The summed E-state index contributed by atoms with van der Waals surface area (Å²) < 4.78 is 0.272. The molecule has 1 unspecified atom stereocenters. The van der Waals surface area contributed by atoms with Crippen molar-refractivity contribution in [1.29, 1.82) is 0 Å². The fraction of sp³-hybridized carbons (Fsp3) is 0.571. The van der Waals surface area contributed by atoms with Crippen molar-refractivity contribution in [3.8, 4) is 0 Å². The summed E-state index contributed by atoms with van der Waals surface area (Å²) in [6.45, 7) is 10.9. The van der Waals surface area contributed by atoms with Crippen molar-refractivity contribution in [3.05, 3.63) is 34.9 Å². The summed E-state index contributed by atoms with van der Waals surface area (Å²) >= 11 is 1.93. The Hall–Kier alpha value is -0.510. The van der Waals surface area contributed by atoms with Crippen LogP contribution in [-0.4, -0.2) is 10.5 Å². The zero-order valence-corrected chi connectivity index (χ0v) is 12.3. The molecule has 0 aliphatic heterocycles. The van der Waals surface area contributed by atoms with E-state index < -0.39 is 0 Å². The number of aryl methyl sites for hydroxylation is 2. The van der Waals surface area contributed by atoms with Crippen LogP contribution in [0.2, 0.25) is 0 Å². The SMILES string of the molecule is Cc1cc(C)cc(C(CSC(C)(C)C)NN)c1. The predicted molar refractivity (Wildman–Crippen MR) is 78.2 cm³/mol. The molecule has 0 aliphatic carbocycles. The highest BCUT2D eigenvalue weighted by Crippen LogP contribution is 2.28. The monoisotopic (exact) mass is 252 g/mol. The molecular formula is C14H24N2S. The van der Waals surface area contributed by atoms with Crippen LogP contribution in [0.25, 0.3) is 0 Å². The maximum Gasteiger partial charge on any atom is 0.0550 e. The Bertz CT molecular complexity index is 349. The number of rotatable bonds is 4. The van der Waals surface area contributed by atoms with Gasteiger partial charge in [0, 0.05) is 10.5 Å². The first-order valence-corrected chi connectivity index (χ1v) is 6.98. The van der Waals surface area contributed by atoms with Crippen LogP contribution < -0.4 is 11.3 Å². The third kappa shape index (κ3) is 5.11. The second kappa shape index (κ2) is 5.89. The Morgan fingerprint density at radius 3 is 2.12 bits per heavy atom. The molecule has 17 heavy (non-hydrogen) atoms. The Morgan fingerprint density at radius 2 is 1.71 bits per heavy atom. The van der Waals surface area contributed by atoms with Crippen molar-refractivity contribution in [2.24, 2.45) is 5.84 Å². The summed E-state index contributed by atoms with van der Waals surface area (Å²) in [6, 6.07) is 6.83. The first kappa shape index (κ1) is 14.6. The highest BCUT2D eigenvalue weighted by atomic mass is 32.2. The molecule has 2 nitrogen and oxygen atoms in total. The number of benzene rings is 1. The highest BCUT2D eigenvalue weighted by Gasteiger charge is 2.16. The molecule has 0 radical (unpaired) electrons. The molecule has 0 aromatic heterocycles. The van der Waals surface area contributed by atoms with Crippen molar-refractivity contribution in [1.82, 2.24) is 5.43 Å². The average molecular weight is 252 g/mol. The Balaban J connectivity index is 2.79. The van der Waals surface area contributed by atoms with Crippen molar-refractivity contribution in [2.75, 3.05) is 5.75 Å². The van der Waals surface area contributed by atoms with Gasteiger partial charge in [0.25, 0.3) is 0 Å². The normalized spacial score (nSPS) is 13.8. The molecule has 0 fully saturated rings. The smallest absolute Gasteiger partial charge is 0.0550 e. The molecule has 0 bridgehead atoms. The van der Waals surface area contributed by atoms with Gasteiger partial charge in [0.15, 0.2) is 0 Å². The molecule has 0 saturated heterocycles. The second-order valence-electron chi connectivity index (χ2n) is 5.56. The molecule has 1 atom stereocenters. The van der Waals surface area contributed by atoms with Gasteiger partial charge in [-0.1, -0.05) is 50.1 Å². The Kier molecular flexibility index (Phi) is 5.04. The van der Waals surface area contributed by atoms with Gasteiger partial charge in [0.05, 0.1) is 6.04 Å². The first-order chi connectivity index (χ1) is 7.81. The van der Waals surface area contributed by atoms with Gasteiger partial charge in [-0.15, -0.1) is 0 Å². The number of nitrogens with one attached hydrogen (secondary N) is 1. The summed E-state index contributed by atoms with van der Waals surface area (Å²) in [6.07, 6.45) is 0. The standard InChI is InChI=1S/C14H24N2S/c1-10-6-11(2)8-12(7-10)13(16-15)9-17-14(3,4)5/h6-8,13,16H,9,15H2,1-5H3. The van der Waals surface area contributed by atoms with E-state index in [9.17, 15) is 0 Å². The van der Waals surface area contributed by atoms with Gasteiger partial charge in [-0.05, 0) is 19.4 Å². The molecule has 0 spiro atoms. The molecule has 0 saturated carbocycles. The average Bonchev–Trinajstić information content (AvgIpc) is 2.15. The molecule has 1 aromatic rings. The van der Waals surface area contributed by atoms with Crippen LogP contribution in [0, 0.1) is 13.8 Å². The molecule has 0 amide bonds. The number of hydrogen-bond acceptors (Lipinski definition) is 3. The Morgan fingerprint density at radius 1 is 1.18 bits per heavy atom. The number of thioether (sulfide) groups is 1. The molecule has 3 heteroatoms. The van der Waals surface area contributed by atoms with Gasteiger partial charge < -0.3 is 0 Å². The molecule has 0 aliphatic rings. The fourth-order valence-electron chi connectivity index (χ4n) is 1.78. The minimum Gasteiger partial charge on any atom is -0.271 e. The summed E-state index contributed by atoms with van der Waals surface area (Å²) in [4.78, 5) is 0. The summed E-state index contributed by atoms with van der Waals surface area (Å²) in [5.41, 5.74) is 6.79. The van der Waals surface area contributed by atoms with Crippen LogP contribution >= 0.6 is 11.8 Å². The van der Waals surface area contributed by atoms with Crippen LogP contribution in [0.3, 0.4) is 0 Å². The van der Waals surface area contributed by atoms with Crippen molar-refractivity contribution in [3.63, 3.8) is 0 Å². The lowest BCUT2D eigenvalue weighted by molar-refractivity contribution is 0.607. The van der Waals surface area contributed by atoms with E-state index in [-0.39, 0.29) is 10.8 Å². The molecular weight excluding hydrogens is 228 g/mol. The van der Waals surface area contributed by atoms with E-state index in [1.165, 1.54) is 16.7 Å². The quantitative estimate of drug-likeness (QED) is 0.637. The lowest BCUT2D eigenvalue weighted by atomic mass is 10.0. The lowest BCUT2D eigenvalue weighted by Crippen LogP contribution is -2.31. The van der Waals surface area contributed by atoms with E-state index in [1.807, 2.05) is 11.8 Å². The van der Waals surface area contributed by atoms with E-state index in [2.05, 4.69) is 58.2 Å². The van der Waals surface area contributed by atoms with Crippen molar-refractivity contribution in [2.45, 2.75) is 45.4 Å². The molecule has 3 N–H and O–H groups in total. The van der Waals surface area contributed by atoms with Crippen LogP contribution in [0.1, 0.15) is 43.5 Å². The fourth-order valence-corrected chi connectivity index (χ4v) is 2.74. The zero-order valence-electron chi connectivity index (χ0n) is 11.5. The number of hydrogen-bond donors (Lipinski definition) is 2. The highest BCUT2D eigenvalue weighted by molar-refractivity contribution is 8.00. The summed E-state index contributed by atoms with van der Waals surface area (Å²) in [5.74, 6) is 6.66. The van der Waals surface area contributed by atoms with Gasteiger partial charge >= 0.3 is 0 Å². The topological polar surface area (TPSA) is 38.0 Å². The minimum atomic E-state index is 0.220. The molecule has 0 heterocycles. The summed E-state index contributed by atoms with van der Waals surface area (Å²) in [5, 5.41) is 0. The van der Waals surface area contributed by atoms with Gasteiger partial charge in [-0.25, -0.2) is 0 Å². The largest absolute Gasteiger partial charge is 0.271 e. The van der Waals surface area contributed by atoms with E-state index in [4.69, 9.17) is 5.84 Å². The summed E-state index contributed by atoms with van der Waals surface area (Å²) in [7, 11) is 0. The number of nitrogens with two attached hydrogens (primary N) is 1. The zero-order chi connectivity index (χ0) is 13.1. The molecule has 1 aromatic carbocycles. The van der Waals surface area contributed by atoms with Gasteiger partial charge in [0.1, 0.15) is 0 Å². The van der Waals surface area contributed by atoms with Crippen LogP contribution in [0.4, 0.5) is 0 Å². The van der Waals surface area contributed by atoms with E-state index in [0.29, 0.717) is 0 Å². The van der Waals surface area contributed by atoms with Crippen LogP contribution in [-0.2, 0) is 0 Å². The lowest BCUT2D eigenvalue weighted by Gasteiger charge is -2.23.